The summed E-state index contributed by atoms with van der Waals surface area (Å²) in [6, 6.07) is -0.982. The molecule has 0 saturated carbocycles. The first kappa shape index (κ1) is 22.0. The highest BCUT2D eigenvalue weighted by molar-refractivity contribution is 6.13. The van der Waals surface area contributed by atoms with Crippen LogP contribution in [0, 0.1) is 11.3 Å². The van der Waals surface area contributed by atoms with Gasteiger partial charge >= 0.3 is 0 Å². The number of aliphatic hydroxyl groups excluding tert-OH is 2. The third kappa shape index (κ3) is 4.26. The van der Waals surface area contributed by atoms with Crippen molar-refractivity contribution in [1.82, 2.24) is 4.90 Å². The summed E-state index contributed by atoms with van der Waals surface area (Å²) in [5.74, 6) is -1.46. The first-order chi connectivity index (χ1) is 12.5. The summed E-state index contributed by atoms with van der Waals surface area (Å²) in [6.07, 6.45) is 1.01. The summed E-state index contributed by atoms with van der Waals surface area (Å²) >= 11 is 0. The summed E-state index contributed by atoms with van der Waals surface area (Å²) in [4.78, 5) is 25.7. The molecular formula is C20H33NO6. The van der Waals surface area contributed by atoms with Crippen LogP contribution in [0.25, 0.3) is 0 Å². The second kappa shape index (κ2) is 7.99. The molecule has 3 unspecified atom stereocenters. The van der Waals surface area contributed by atoms with Gasteiger partial charge in [-0.25, -0.2) is 0 Å². The number of rotatable bonds is 7. The Hall–Kier alpha value is -1.28. The minimum atomic E-state index is -1.09. The van der Waals surface area contributed by atoms with Crippen LogP contribution in [-0.2, 0) is 19.1 Å². The third-order valence-corrected chi connectivity index (χ3v) is 6.13. The van der Waals surface area contributed by atoms with E-state index < -0.39 is 47.9 Å². The average Bonchev–Trinajstić information content (AvgIpc) is 2.93. The number of aliphatic hydroxyl groups is 2. The van der Waals surface area contributed by atoms with Crippen molar-refractivity contribution in [2.45, 2.75) is 84.5 Å². The lowest BCUT2D eigenvalue weighted by atomic mass is 9.68. The smallest absolute Gasteiger partial charge is 0.254 e. The summed E-state index contributed by atoms with van der Waals surface area (Å²) in [5.41, 5.74) is -0.968. The van der Waals surface area contributed by atoms with Crippen LogP contribution in [0.1, 0.15) is 54.4 Å². The van der Waals surface area contributed by atoms with Crippen molar-refractivity contribution in [3.05, 3.63) is 12.2 Å². The number of carbonyl (C=O) groups excluding carboxylic acids is 2. The molecule has 2 aliphatic rings. The highest BCUT2D eigenvalue weighted by atomic mass is 16.7. The second-order valence-corrected chi connectivity index (χ2v) is 8.69. The maximum absolute atomic E-state index is 12.3. The standard InChI is InChI=1S/C20H33NO6/c1-7-19(3,4)15-12(11-22)26-18(27-20(5,6)8-2)16(17(15)25)21-13(23)9-10-14(21)24/h9-10,12,15-18,22,25H,7-8,11H2,1-6H3/t12?,15-,16?,17?,18+/m1/s1. The molecule has 27 heavy (non-hydrogen) atoms. The SMILES string of the molecule is CCC(C)(C)O[C@@H]1OC(CO)[C@@H](C(C)(C)CC)C(O)C1N1C(=O)C=CC1=O. The fourth-order valence-corrected chi connectivity index (χ4v) is 3.76. The average molecular weight is 383 g/mol. The van der Waals surface area contributed by atoms with Crippen LogP contribution in [0.4, 0.5) is 0 Å². The zero-order chi connectivity index (χ0) is 20.6. The number of hydrogen-bond donors (Lipinski definition) is 2. The first-order valence-corrected chi connectivity index (χ1v) is 9.66. The first-order valence-electron chi connectivity index (χ1n) is 9.66. The molecule has 2 N–H and O–H groups in total. The summed E-state index contributed by atoms with van der Waals surface area (Å²) in [5, 5.41) is 21.2. The van der Waals surface area contributed by atoms with Gasteiger partial charge in [-0.3, -0.25) is 14.5 Å². The highest BCUT2D eigenvalue weighted by Gasteiger charge is 2.55. The van der Waals surface area contributed by atoms with Crippen molar-refractivity contribution in [2.24, 2.45) is 11.3 Å². The third-order valence-electron chi connectivity index (χ3n) is 6.13. The van der Waals surface area contributed by atoms with Crippen molar-refractivity contribution in [1.29, 1.82) is 0 Å². The van der Waals surface area contributed by atoms with E-state index in [-0.39, 0.29) is 12.0 Å². The number of hydrogen-bond acceptors (Lipinski definition) is 6. The molecule has 2 amide bonds. The Labute approximate surface area is 161 Å². The van der Waals surface area contributed by atoms with Crippen molar-refractivity contribution < 1.29 is 29.3 Å². The number of amides is 2. The van der Waals surface area contributed by atoms with Gasteiger partial charge in [-0.1, -0.05) is 34.1 Å². The molecule has 0 spiro atoms. The van der Waals surface area contributed by atoms with Crippen LogP contribution < -0.4 is 0 Å². The maximum Gasteiger partial charge on any atom is 0.254 e. The molecule has 0 aromatic rings. The van der Waals surface area contributed by atoms with Crippen molar-refractivity contribution in [3.8, 4) is 0 Å². The molecule has 2 heterocycles. The fourth-order valence-electron chi connectivity index (χ4n) is 3.76. The normalized spacial score (nSPS) is 32.4. The Morgan fingerprint density at radius 1 is 1.11 bits per heavy atom. The van der Waals surface area contributed by atoms with Crippen LogP contribution in [0.15, 0.2) is 12.2 Å². The predicted octanol–water partition coefficient (Wildman–Crippen LogP) is 1.62. The van der Waals surface area contributed by atoms with Crippen LogP contribution in [0.2, 0.25) is 0 Å². The van der Waals surface area contributed by atoms with Gasteiger partial charge in [0.1, 0.15) is 6.04 Å². The van der Waals surface area contributed by atoms with Gasteiger partial charge in [0.2, 0.25) is 0 Å². The minimum Gasteiger partial charge on any atom is -0.394 e. The fraction of sp³-hybridized carbons (Fsp3) is 0.800. The quantitative estimate of drug-likeness (QED) is 0.649. The molecule has 7 nitrogen and oxygen atoms in total. The van der Waals surface area contributed by atoms with E-state index in [9.17, 15) is 19.8 Å². The minimum absolute atomic E-state index is 0.287. The van der Waals surface area contributed by atoms with Crippen molar-refractivity contribution in [3.63, 3.8) is 0 Å². The van der Waals surface area contributed by atoms with Crippen molar-refractivity contribution in [2.75, 3.05) is 6.61 Å². The zero-order valence-corrected chi connectivity index (χ0v) is 17.1. The van der Waals surface area contributed by atoms with Crippen LogP contribution in [-0.4, -0.2) is 63.7 Å². The summed E-state index contributed by atoms with van der Waals surface area (Å²) in [6.45, 7) is 11.4. The van der Waals surface area contributed by atoms with Crippen LogP contribution in [0.5, 0.6) is 0 Å². The monoisotopic (exact) mass is 383 g/mol. The van der Waals surface area contributed by atoms with E-state index in [4.69, 9.17) is 9.47 Å². The lowest BCUT2D eigenvalue weighted by Crippen LogP contribution is -2.66. The van der Waals surface area contributed by atoms with Gasteiger partial charge in [0.15, 0.2) is 6.29 Å². The van der Waals surface area contributed by atoms with Gasteiger partial charge in [-0.15, -0.1) is 0 Å². The molecule has 0 radical (unpaired) electrons. The summed E-state index contributed by atoms with van der Waals surface area (Å²) in [7, 11) is 0. The number of ether oxygens (including phenoxy) is 2. The molecule has 7 heteroatoms. The number of nitrogens with zero attached hydrogens (tertiary/aromatic N) is 1. The van der Waals surface area contributed by atoms with Gasteiger partial charge < -0.3 is 19.7 Å². The Bertz CT molecular complexity index is 579. The van der Waals surface area contributed by atoms with Gasteiger partial charge in [0.05, 0.1) is 24.4 Å². The molecule has 0 aromatic heterocycles. The Balaban J connectivity index is 2.46. The highest BCUT2D eigenvalue weighted by Crippen LogP contribution is 2.43. The van der Waals surface area contributed by atoms with Crippen molar-refractivity contribution >= 4 is 11.8 Å². The topological polar surface area (TPSA) is 96.3 Å². The molecule has 1 fully saturated rings. The van der Waals surface area contributed by atoms with Gasteiger partial charge in [-0.05, 0) is 25.7 Å². The molecule has 2 rings (SSSR count). The van der Waals surface area contributed by atoms with Crippen LogP contribution in [0.3, 0.4) is 0 Å². The largest absolute Gasteiger partial charge is 0.394 e. The molecule has 0 aromatic carbocycles. The van der Waals surface area contributed by atoms with E-state index >= 15 is 0 Å². The lowest BCUT2D eigenvalue weighted by Gasteiger charge is -2.52. The molecule has 0 aliphatic carbocycles. The maximum atomic E-state index is 12.3. The zero-order valence-electron chi connectivity index (χ0n) is 17.1. The van der Waals surface area contributed by atoms with E-state index in [1.807, 2.05) is 41.5 Å². The summed E-state index contributed by atoms with van der Waals surface area (Å²) < 4.78 is 12.1. The van der Waals surface area contributed by atoms with Crippen LogP contribution >= 0.6 is 0 Å². The molecule has 5 atom stereocenters. The predicted molar refractivity (Wildman–Crippen MR) is 99.6 cm³/mol. The van der Waals surface area contributed by atoms with Gasteiger partial charge in [-0.2, -0.15) is 0 Å². The van der Waals surface area contributed by atoms with Gasteiger partial charge in [0.25, 0.3) is 11.8 Å². The Morgan fingerprint density at radius 2 is 1.67 bits per heavy atom. The van der Waals surface area contributed by atoms with E-state index in [0.717, 1.165) is 11.3 Å². The van der Waals surface area contributed by atoms with E-state index in [2.05, 4.69) is 0 Å². The molecule has 1 saturated heterocycles. The lowest BCUT2D eigenvalue weighted by molar-refractivity contribution is -0.307. The molecule has 154 valence electrons. The van der Waals surface area contributed by atoms with Gasteiger partial charge in [0, 0.05) is 18.1 Å². The molecular weight excluding hydrogens is 350 g/mol. The van der Waals surface area contributed by atoms with E-state index in [1.54, 1.807) is 0 Å². The Morgan fingerprint density at radius 3 is 2.11 bits per heavy atom. The Kier molecular flexibility index (Phi) is 6.52. The number of imide groups is 1. The molecule has 0 bridgehead atoms. The molecule has 2 aliphatic heterocycles. The van der Waals surface area contributed by atoms with E-state index in [0.29, 0.717) is 6.42 Å². The van der Waals surface area contributed by atoms with E-state index in [1.165, 1.54) is 12.2 Å². The second-order valence-electron chi connectivity index (χ2n) is 8.69. The number of carbonyl (C=O) groups is 2.